The minimum Gasteiger partial charge on any atom is -0.456 e. The second kappa shape index (κ2) is 5.43. The number of aliphatic hydroxyl groups excluding tert-OH is 1. The average Bonchev–Trinajstić information content (AvgIpc) is 2.40. The van der Waals surface area contributed by atoms with Crippen LogP contribution in [0.15, 0.2) is 42.7 Å². The van der Waals surface area contributed by atoms with Crippen LogP contribution in [-0.2, 0) is 13.2 Å². The summed E-state index contributed by atoms with van der Waals surface area (Å²) >= 11 is 0. The summed E-state index contributed by atoms with van der Waals surface area (Å²) in [5.74, 6) is 1.36. The van der Waals surface area contributed by atoms with E-state index in [4.69, 9.17) is 15.6 Å². The average molecular weight is 230 g/mol. The molecule has 0 aliphatic heterocycles. The van der Waals surface area contributed by atoms with Crippen molar-refractivity contribution < 1.29 is 9.84 Å². The Kier molecular flexibility index (Phi) is 3.69. The van der Waals surface area contributed by atoms with Crippen LogP contribution in [0, 0.1) is 0 Å². The first kappa shape index (κ1) is 11.6. The van der Waals surface area contributed by atoms with Gasteiger partial charge in [-0.15, -0.1) is 0 Å². The number of benzene rings is 1. The number of hydrogen-bond acceptors (Lipinski definition) is 4. The van der Waals surface area contributed by atoms with Gasteiger partial charge in [-0.1, -0.05) is 12.1 Å². The van der Waals surface area contributed by atoms with Crippen LogP contribution < -0.4 is 10.5 Å². The van der Waals surface area contributed by atoms with Gasteiger partial charge in [-0.25, -0.2) is 0 Å². The summed E-state index contributed by atoms with van der Waals surface area (Å²) in [5, 5.41) is 8.92. The Labute approximate surface area is 99.7 Å². The van der Waals surface area contributed by atoms with Crippen LogP contribution in [0.25, 0.3) is 0 Å². The fourth-order valence-electron chi connectivity index (χ4n) is 1.43. The Morgan fingerprint density at radius 1 is 1.06 bits per heavy atom. The molecule has 0 radical (unpaired) electrons. The zero-order valence-electron chi connectivity index (χ0n) is 9.34. The fraction of sp³-hybridized carbons (Fsp3) is 0.154. The van der Waals surface area contributed by atoms with E-state index in [1.165, 1.54) is 0 Å². The molecule has 0 saturated heterocycles. The lowest BCUT2D eigenvalue weighted by Gasteiger charge is -2.06. The molecule has 0 saturated carbocycles. The number of rotatable bonds is 4. The van der Waals surface area contributed by atoms with Gasteiger partial charge in [-0.3, -0.25) is 4.98 Å². The van der Waals surface area contributed by atoms with Crippen molar-refractivity contribution in [3.8, 4) is 11.5 Å². The topological polar surface area (TPSA) is 68.4 Å². The van der Waals surface area contributed by atoms with Crippen LogP contribution in [0.3, 0.4) is 0 Å². The molecule has 2 aromatic rings. The van der Waals surface area contributed by atoms with Crippen molar-refractivity contribution in [2.24, 2.45) is 5.73 Å². The van der Waals surface area contributed by atoms with Crippen LogP contribution in [0.4, 0.5) is 0 Å². The van der Waals surface area contributed by atoms with Gasteiger partial charge < -0.3 is 15.6 Å². The van der Waals surface area contributed by atoms with Crippen molar-refractivity contribution >= 4 is 0 Å². The van der Waals surface area contributed by atoms with E-state index >= 15 is 0 Å². The van der Waals surface area contributed by atoms with E-state index in [0.29, 0.717) is 18.0 Å². The number of ether oxygens (including phenoxy) is 1. The molecule has 0 amide bonds. The van der Waals surface area contributed by atoms with Crippen molar-refractivity contribution in [3.63, 3.8) is 0 Å². The molecule has 0 bridgehead atoms. The van der Waals surface area contributed by atoms with Crippen LogP contribution in [0.2, 0.25) is 0 Å². The summed E-state index contributed by atoms with van der Waals surface area (Å²) in [7, 11) is 0. The highest BCUT2D eigenvalue weighted by atomic mass is 16.5. The molecule has 1 aromatic heterocycles. The molecule has 4 nitrogen and oxygen atoms in total. The standard InChI is InChI=1S/C13H14N2O2/c14-6-11-5-13(8-15-7-11)17-12-3-1-10(9-16)2-4-12/h1-5,7-8,16H,6,9,14H2. The molecule has 0 spiro atoms. The Bertz CT molecular complexity index is 483. The number of nitrogens with two attached hydrogens (primary N) is 1. The highest BCUT2D eigenvalue weighted by molar-refractivity contribution is 5.33. The lowest BCUT2D eigenvalue weighted by molar-refractivity contribution is 0.281. The quantitative estimate of drug-likeness (QED) is 0.840. The molecular weight excluding hydrogens is 216 g/mol. The molecular formula is C13H14N2O2. The van der Waals surface area contributed by atoms with Gasteiger partial charge in [0.2, 0.25) is 0 Å². The first-order valence-electron chi connectivity index (χ1n) is 5.33. The van der Waals surface area contributed by atoms with Crippen molar-refractivity contribution in [2.75, 3.05) is 0 Å². The molecule has 17 heavy (non-hydrogen) atoms. The van der Waals surface area contributed by atoms with Gasteiger partial charge in [-0.05, 0) is 29.3 Å². The lowest BCUT2D eigenvalue weighted by atomic mass is 10.2. The van der Waals surface area contributed by atoms with Crippen molar-refractivity contribution in [2.45, 2.75) is 13.2 Å². The summed E-state index contributed by atoms with van der Waals surface area (Å²) in [5.41, 5.74) is 7.31. The minimum atomic E-state index is 0.0322. The number of aromatic nitrogens is 1. The molecule has 3 N–H and O–H groups in total. The van der Waals surface area contributed by atoms with E-state index in [9.17, 15) is 0 Å². The van der Waals surface area contributed by atoms with Gasteiger partial charge in [0.15, 0.2) is 0 Å². The van der Waals surface area contributed by atoms with Gasteiger partial charge in [0, 0.05) is 12.7 Å². The van der Waals surface area contributed by atoms with Gasteiger partial charge >= 0.3 is 0 Å². The van der Waals surface area contributed by atoms with E-state index in [1.54, 1.807) is 24.5 Å². The van der Waals surface area contributed by atoms with Gasteiger partial charge in [0.05, 0.1) is 12.8 Å². The third kappa shape index (κ3) is 3.03. The number of pyridine rings is 1. The normalized spacial score (nSPS) is 10.2. The molecule has 0 aliphatic carbocycles. The Hall–Kier alpha value is -1.91. The maximum absolute atomic E-state index is 8.92. The van der Waals surface area contributed by atoms with E-state index in [0.717, 1.165) is 11.1 Å². The Morgan fingerprint density at radius 2 is 1.82 bits per heavy atom. The summed E-state index contributed by atoms with van der Waals surface area (Å²) in [6.45, 7) is 0.470. The second-order valence-corrected chi connectivity index (χ2v) is 3.64. The molecule has 4 heteroatoms. The molecule has 0 atom stereocenters. The van der Waals surface area contributed by atoms with Crippen LogP contribution in [0.5, 0.6) is 11.5 Å². The minimum absolute atomic E-state index is 0.0322. The van der Waals surface area contributed by atoms with E-state index in [-0.39, 0.29) is 6.61 Å². The molecule has 1 aromatic carbocycles. The van der Waals surface area contributed by atoms with Crippen LogP contribution in [0.1, 0.15) is 11.1 Å². The highest BCUT2D eigenvalue weighted by Crippen LogP contribution is 2.21. The first-order chi connectivity index (χ1) is 8.31. The van der Waals surface area contributed by atoms with Gasteiger partial charge in [-0.2, -0.15) is 0 Å². The summed E-state index contributed by atoms with van der Waals surface area (Å²) in [6.07, 6.45) is 3.35. The second-order valence-electron chi connectivity index (χ2n) is 3.64. The van der Waals surface area contributed by atoms with E-state index in [1.807, 2.05) is 18.2 Å². The summed E-state index contributed by atoms with van der Waals surface area (Å²) in [6, 6.07) is 9.10. The lowest BCUT2D eigenvalue weighted by Crippen LogP contribution is -1.97. The maximum Gasteiger partial charge on any atom is 0.146 e. The molecule has 1 heterocycles. The summed E-state index contributed by atoms with van der Waals surface area (Å²) < 4.78 is 5.62. The van der Waals surface area contributed by atoms with Crippen molar-refractivity contribution in [1.82, 2.24) is 4.98 Å². The van der Waals surface area contributed by atoms with Crippen LogP contribution >= 0.6 is 0 Å². The number of nitrogens with zero attached hydrogens (tertiary/aromatic N) is 1. The van der Waals surface area contributed by atoms with Gasteiger partial charge in [0.25, 0.3) is 0 Å². The monoisotopic (exact) mass is 230 g/mol. The zero-order chi connectivity index (χ0) is 12.1. The molecule has 0 unspecified atom stereocenters. The maximum atomic E-state index is 8.92. The molecule has 0 fully saturated rings. The largest absolute Gasteiger partial charge is 0.456 e. The number of aliphatic hydroxyl groups is 1. The van der Waals surface area contributed by atoms with E-state index < -0.39 is 0 Å². The highest BCUT2D eigenvalue weighted by Gasteiger charge is 1.99. The van der Waals surface area contributed by atoms with Gasteiger partial charge in [0.1, 0.15) is 11.5 Å². The Balaban J connectivity index is 2.13. The first-order valence-corrected chi connectivity index (χ1v) is 5.33. The SMILES string of the molecule is NCc1cncc(Oc2ccc(CO)cc2)c1. The zero-order valence-corrected chi connectivity index (χ0v) is 9.34. The molecule has 2 rings (SSSR count). The van der Waals surface area contributed by atoms with E-state index in [2.05, 4.69) is 4.98 Å². The van der Waals surface area contributed by atoms with Crippen molar-refractivity contribution in [1.29, 1.82) is 0 Å². The number of hydrogen-bond donors (Lipinski definition) is 2. The predicted molar refractivity (Wildman–Crippen MR) is 64.6 cm³/mol. The predicted octanol–water partition coefficient (Wildman–Crippen LogP) is 1.82. The molecule has 88 valence electrons. The van der Waals surface area contributed by atoms with Crippen molar-refractivity contribution in [3.05, 3.63) is 53.9 Å². The molecule has 0 aliphatic rings. The smallest absolute Gasteiger partial charge is 0.146 e. The Morgan fingerprint density at radius 3 is 2.47 bits per heavy atom. The third-order valence-corrected chi connectivity index (χ3v) is 2.35. The fourth-order valence-corrected chi connectivity index (χ4v) is 1.43. The third-order valence-electron chi connectivity index (χ3n) is 2.35. The summed E-state index contributed by atoms with van der Waals surface area (Å²) in [4.78, 5) is 4.04. The van der Waals surface area contributed by atoms with Crippen LogP contribution in [-0.4, -0.2) is 10.1 Å².